The number of nitrogens with one attached hydrogen (secondary N) is 1. The zero-order valence-electron chi connectivity index (χ0n) is 20.4. The first-order valence-corrected chi connectivity index (χ1v) is 11.7. The molecule has 0 radical (unpaired) electrons. The van der Waals surface area contributed by atoms with Crippen molar-refractivity contribution in [3.05, 3.63) is 82.6 Å². The molecule has 0 spiro atoms. The number of barbiturate groups is 1. The number of furan rings is 1. The standard InChI is InChI=1S/C27H27N3O6/c1-4-5-12-36-26(33)19-8-10-21(11-9-19)30-17(2)14-20(18(30)3)15-23-24(31)28-27(34)29(25(23)32)16-22-7-6-13-35-22/h6-11,13-15H,4-5,12,16H2,1-3H3,(H,28,31,34)/b23-15-. The summed E-state index contributed by atoms with van der Waals surface area (Å²) in [4.78, 5) is 50.9. The van der Waals surface area contributed by atoms with E-state index in [1.54, 1.807) is 24.3 Å². The molecule has 0 saturated carbocycles. The first-order valence-electron chi connectivity index (χ1n) is 11.7. The first kappa shape index (κ1) is 24.7. The molecule has 3 aromatic rings. The summed E-state index contributed by atoms with van der Waals surface area (Å²) in [5.74, 6) is -1.40. The molecule has 4 amide bonds. The van der Waals surface area contributed by atoms with Gasteiger partial charge in [-0.3, -0.25) is 19.8 Å². The molecule has 9 nitrogen and oxygen atoms in total. The molecule has 0 aliphatic carbocycles. The Balaban J connectivity index is 1.59. The van der Waals surface area contributed by atoms with E-state index in [1.165, 1.54) is 12.3 Å². The lowest BCUT2D eigenvalue weighted by Gasteiger charge is -2.25. The van der Waals surface area contributed by atoms with Gasteiger partial charge in [-0.25, -0.2) is 9.59 Å². The number of hydrogen-bond donors (Lipinski definition) is 1. The van der Waals surface area contributed by atoms with E-state index in [0.717, 1.165) is 34.8 Å². The zero-order chi connectivity index (χ0) is 25.8. The number of esters is 1. The SMILES string of the molecule is CCCCOC(=O)c1ccc(-n2c(C)cc(/C=C3/C(=O)NC(=O)N(Cc4ccco4)C3=O)c2C)cc1. The number of carbonyl (C=O) groups is 4. The maximum absolute atomic E-state index is 13.0. The van der Waals surface area contributed by atoms with Crippen molar-refractivity contribution in [1.82, 2.24) is 14.8 Å². The Morgan fingerprint density at radius 2 is 1.86 bits per heavy atom. The quantitative estimate of drug-likeness (QED) is 0.219. The zero-order valence-corrected chi connectivity index (χ0v) is 20.4. The molecular formula is C27H27N3O6. The van der Waals surface area contributed by atoms with Gasteiger partial charge in [0.05, 0.1) is 25.0 Å². The molecule has 0 unspecified atom stereocenters. The van der Waals surface area contributed by atoms with Crippen LogP contribution in [-0.4, -0.2) is 39.9 Å². The normalized spacial score (nSPS) is 14.9. The van der Waals surface area contributed by atoms with Crippen molar-refractivity contribution in [1.29, 1.82) is 0 Å². The molecule has 36 heavy (non-hydrogen) atoms. The smallest absolute Gasteiger partial charge is 0.338 e. The predicted molar refractivity (Wildman–Crippen MR) is 131 cm³/mol. The predicted octanol–water partition coefficient (Wildman–Crippen LogP) is 4.31. The van der Waals surface area contributed by atoms with Crippen LogP contribution in [0.3, 0.4) is 0 Å². The van der Waals surface area contributed by atoms with Crippen LogP contribution in [0.2, 0.25) is 0 Å². The van der Waals surface area contributed by atoms with Crippen molar-refractivity contribution in [3.8, 4) is 5.69 Å². The second kappa shape index (κ2) is 10.5. The van der Waals surface area contributed by atoms with Crippen molar-refractivity contribution in [2.24, 2.45) is 0 Å². The molecule has 1 saturated heterocycles. The van der Waals surface area contributed by atoms with Crippen LogP contribution < -0.4 is 5.32 Å². The fourth-order valence-electron chi connectivity index (χ4n) is 4.02. The fraction of sp³-hybridized carbons (Fsp3) is 0.259. The molecule has 4 rings (SSSR count). The number of imide groups is 2. The van der Waals surface area contributed by atoms with E-state index in [2.05, 4.69) is 5.32 Å². The number of rotatable bonds is 8. The number of aromatic nitrogens is 1. The molecule has 1 fully saturated rings. The van der Waals surface area contributed by atoms with E-state index in [-0.39, 0.29) is 18.1 Å². The number of amides is 4. The number of benzene rings is 1. The van der Waals surface area contributed by atoms with Crippen LogP contribution >= 0.6 is 0 Å². The van der Waals surface area contributed by atoms with Gasteiger partial charge in [-0.1, -0.05) is 13.3 Å². The summed E-state index contributed by atoms with van der Waals surface area (Å²) in [5.41, 5.74) is 3.44. The molecule has 2 aromatic heterocycles. The van der Waals surface area contributed by atoms with Crippen LogP contribution in [0.15, 0.2) is 58.7 Å². The number of unbranched alkanes of at least 4 members (excludes halogenated alkanes) is 1. The van der Waals surface area contributed by atoms with Gasteiger partial charge in [0, 0.05) is 17.1 Å². The van der Waals surface area contributed by atoms with Gasteiger partial charge in [0.15, 0.2) is 0 Å². The molecule has 9 heteroatoms. The van der Waals surface area contributed by atoms with Crippen LogP contribution in [0, 0.1) is 13.8 Å². The lowest BCUT2D eigenvalue weighted by atomic mass is 10.1. The maximum Gasteiger partial charge on any atom is 0.338 e. The largest absolute Gasteiger partial charge is 0.467 e. The highest BCUT2D eigenvalue weighted by molar-refractivity contribution is 6.31. The summed E-state index contributed by atoms with van der Waals surface area (Å²) in [5, 5.41) is 2.22. The molecule has 186 valence electrons. The number of carbonyl (C=O) groups excluding carboxylic acids is 4. The van der Waals surface area contributed by atoms with Gasteiger partial charge in [-0.2, -0.15) is 0 Å². The molecule has 1 aliphatic heterocycles. The molecule has 0 atom stereocenters. The van der Waals surface area contributed by atoms with Crippen molar-refractivity contribution < 1.29 is 28.3 Å². The third kappa shape index (κ3) is 5.00. The number of urea groups is 1. The van der Waals surface area contributed by atoms with Gasteiger partial charge in [0.25, 0.3) is 11.8 Å². The summed E-state index contributed by atoms with van der Waals surface area (Å²) >= 11 is 0. The minimum atomic E-state index is -0.794. The van der Waals surface area contributed by atoms with E-state index in [4.69, 9.17) is 9.15 Å². The van der Waals surface area contributed by atoms with Crippen LogP contribution in [0.5, 0.6) is 0 Å². The average Bonchev–Trinajstić information content (AvgIpc) is 3.47. The van der Waals surface area contributed by atoms with E-state index >= 15 is 0 Å². The monoisotopic (exact) mass is 489 g/mol. The van der Waals surface area contributed by atoms with Gasteiger partial charge in [0.2, 0.25) is 0 Å². The van der Waals surface area contributed by atoms with Gasteiger partial charge in [-0.15, -0.1) is 0 Å². The van der Waals surface area contributed by atoms with Crippen LogP contribution in [0.4, 0.5) is 4.79 Å². The second-order valence-corrected chi connectivity index (χ2v) is 8.49. The summed E-state index contributed by atoms with van der Waals surface area (Å²) < 4.78 is 12.5. The van der Waals surface area contributed by atoms with Crippen LogP contribution in [0.25, 0.3) is 11.8 Å². The Morgan fingerprint density at radius 1 is 1.11 bits per heavy atom. The van der Waals surface area contributed by atoms with Gasteiger partial charge >= 0.3 is 12.0 Å². The number of hydrogen-bond acceptors (Lipinski definition) is 6. The van der Waals surface area contributed by atoms with E-state index < -0.39 is 17.8 Å². The Labute approximate surface area is 208 Å². The first-order chi connectivity index (χ1) is 17.3. The van der Waals surface area contributed by atoms with Crippen LogP contribution in [0.1, 0.15) is 52.8 Å². The lowest BCUT2D eigenvalue weighted by molar-refractivity contribution is -0.130. The molecule has 3 heterocycles. The maximum atomic E-state index is 13.0. The summed E-state index contributed by atoms with van der Waals surface area (Å²) in [6.07, 6.45) is 4.69. The Hall–Kier alpha value is -4.40. The Bertz CT molecular complexity index is 1330. The van der Waals surface area contributed by atoms with Crippen molar-refractivity contribution >= 4 is 29.9 Å². The summed E-state index contributed by atoms with van der Waals surface area (Å²) in [6, 6.07) is 11.4. The number of nitrogens with zero attached hydrogens (tertiary/aromatic N) is 2. The average molecular weight is 490 g/mol. The third-order valence-corrected chi connectivity index (χ3v) is 5.94. The molecule has 1 N–H and O–H groups in total. The van der Waals surface area contributed by atoms with E-state index in [0.29, 0.717) is 23.5 Å². The topological polar surface area (TPSA) is 111 Å². The van der Waals surface area contributed by atoms with E-state index in [1.807, 2.05) is 43.5 Å². The molecule has 0 bridgehead atoms. The van der Waals surface area contributed by atoms with Gasteiger partial charge < -0.3 is 13.7 Å². The van der Waals surface area contributed by atoms with Gasteiger partial charge in [-0.05, 0) is 74.4 Å². The van der Waals surface area contributed by atoms with Gasteiger partial charge in [0.1, 0.15) is 11.3 Å². The fourth-order valence-corrected chi connectivity index (χ4v) is 4.02. The number of aryl methyl sites for hydroxylation is 1. The highest BCUT2D eigenvalue weighted by Crippen LogP contribution is 2.25. The molecule has 1 aromatic carbocycles. The second-order valence-electron chi connectivity index (χ2n) is 8.49. The third-order valence-electron chi connectivity index (χ3n) is 5.94. The molecular weight excluding hydrogens is 462 g/mol. The minimum Gasteiger partial charge on any atom is -0.467 e. The van der Waals surface area contributed by atoms with Crippen molar-refractivity contribution in [2.45, 2.75) is 40.2 Å². The van der Waals surface area contributed by atoms with E-state index in [9.17, 15) is 19.2 Å². The lowest BCUT2D eigenvalue weighted by Crippen LogP contribution is -2.53. The molecule has 1 aliphatic rings. The summed E-state index contributed by atoms with van der Waals surface area (Å²) in [6.45, 7) is 6.10. The van der Waals surface area contributed by atoms with Crippen LogP contribution in [-0.2, 0) is 20.9 Å². The van der Waals surface area contributed by atoms with Crippen molar-refractivity contribution in [2.75, 3.05) is 6.61 Å². The van der Waals surface area contributed by atoms with Crippen molar-refractivity contribution in [3.63, 3.8) is 0 Å². The highest BCUT2D eigenvalue weighted by Gasteiger charge is 2.36. The Kier molecular flexibility index (Phi) is 7.19. The summed E-state index contributed by atoms with van der Waals surface area (Å²) in [7, 11) is 0. The Morgan fingerprint density at radius 3 is 2.53 bits per heavy atom. The number of ether oxygens (including phenoxy) is 1. The minimum absolute atomic E-state index is 0.0888. The highest BCUT2D eigenvalue weighted by atomic mass is 16.5.